The highest BCUT2D eigenvalue weighted by Gasteiger charge is 2.51. The van der Waals surface area contributed by atoms with Gasteiger partial charge in [0.2, 0.25) is 0 Å². The van der Waals surface area contributed by atoms with E-state index in [1.165, 1.54) is 51.0 Å². The minimum absolute atomic E-state index is 0.0465. The molecule has 1 aliphatic rings. The predicted molar refractivity (Wildman–Crippen MR) is 263 cm³/mol. The van der Waals surface area contributed by atoms with Gasteiger partial charge in [-0.2, -0.15) is 0 Å². The molecule has 0 aliphatic heterocycles. The third-order valence-electron chi connectivity index (χ3n) is 10.9. The lowest BCUT2D eigenvalue weighted by molar-refractivity contribution is -0.220. The average molecular weight is 965 g/mol. The van der Waals surface area contributed by atoms with Crippen LogP contribution in [0, 0.1) is 0 Å². The van der Waals surface area contributed by atoms with E-state index in [0.717, 1.165) is 77.0 Å². The van der Waals surface area contributed by atoms with Gasteiger partial charge < -0.3 is 39.9 Å². The molecular formula is C52H85O14P. The molecular weight excluding hydrogens is 880 g/mol. The van der Waals surface area contributed by atoms with Crippen LogP contribution in [-0.4, -0.2) is 104 Å². The minimum atomic E-state index is -5.20. The summed E-state index contributed by atoms with van der Waals surface area (Å²) in [7, 11) is -5.20. The van der Waals surface area contributed by atoms with Gasteiger partial charge in [0, 0.05) is 19.3 Å². The third kappa shape index (κ3) is 33.0. The Morgan fingerprint density at radius 1 is 0.507 bits per heavy atom. The Morgan fingerprint density at radius 3 is 1.52 bits per heavy atom. The second kappa shape index (κ2) is 40.6. The summed E-state index contributed by atoms with van der Waals surface area (Å²) in [6, 6.07) is 0. The van der Waals surface area contributed by atoms with E-state index < -0.39 is 75.7 Å². The molecule has 67 heavy (non-hydrogen) atoms. The van der Waals surface area contributed by atoms with E-state index in [4.69, 9.17) is 18.5 Å². The van der Waals surface area contributed by atoms with E-state index >= 15 is 0 Å². The number of allylic oxidation sites excluding steroid dienone is 14. The van der Waals surface area contributed by atoms with Crippen molar-refractivity contribution in [2.45, 2.75) is 211 Å². The number of carbonyl (C=O) groups excluding carboxylic acids is 3. The summed E-state index contributed by atoms with van der Waals surface area (Å²) in [6.45, 7) is 3.04. The van der Waals surface area contributed by atoms with Crippen LogP contribution in [0.3, 0.4) is 0 Å². The zero-order chi connectivity index (χ0) is 49.4. The molecule has 0 saturated heterocycles. The first kappa shape index (κ1) is 61.7. The highest BCUT2D eigenvalue weighted by molar-refractivity contribution is 7.47. The topological polar surface area (TPSA) is 227 Å². The van der Waals surface area contributed by atoms with Crippen LogP contribution in [0.5, 0.6) is 0 Å². The number of ketones is 1. The van der Waals surface area contributed by atoms with E-state index in [9.17, 15) is 49.4 Å². The maximum atomic E-state index is 12.8. The Labute approximate surface area is 401 Å². The number of phosphoric ester groups is 1. The molecule has 382 valence electrons. The fraction of sp³-hybridized carbons (Fsp3) is 0.673. The van der Waals surface area contributed by atoms with Crippen molar-refractivity contribution < 1.29 is 67.9 Å². The van der Waals surface area contributed by atoms with E-state index in [1.54, 1.807) is 12.2 Å². The maximum absolute atomic E-state index is 12.8. The van der Waals surface area contributed by atoms with Gasteiger partial charge in [-0.25, -0.2) is 4.57 Å². The van der Waals surface area contributed by atoms with Gasteiger partial charge in [0.05, 0.1) is 6.61 Å². The molecule has 14 nitrogen and oxygen atoms in total. The molecule has 6 N–H and O–H groups in total. The molecule has 0 spiro atoms. The van der Waals surface area contributed by atoms with E-state index in [0.29, 0.717) is 6.42 Å². The zero-order valence-corrected chi connectivity index (χ0v) is 41.3. The lowest BCUT2D eigenvalue weighted by Gasteiger charge is -2.41. The standard InChI is InChI=1S/C52H85O14P/c1-3-5-7-9-11-13-15-17-18-19-20-21-22-23-25-27-29-31-33-35-39-45(54)63-41-44(42-64-67(61,62)66-52-50(59)48(57)47(56)49(58)51(52)60)65-46(55)40-36-38-43(53)37-34-32-30-28-26-24-16-14-12-10-8-6-4-2/h12-15,18-19,21-22,24,26,30,32,34,37,44,47-52,56-60H,3-11,16-17,20,23,25,27-29,31,33,35-36,38-42H2,1-2H3,(H,61,62)/b14-12-,15-13-,19-18-,22-21-,26-24-,32-30-,37-34+/t44-,47?,48-,49+,50-,51-,52?/m1/s1. The summed E-state index contributed by atoms with van der Waals surface area (Å²) in [5.41, 5.74) is 0. The first-order valence-corrected chi connectivity index (χ1v) is 26.3. The van der Waals surface area contributed by atoms with Crippen LogP contribution in [0.15, 0.2) is 85.1 Å². The third-order valence-corrected chi connectivity index (χ3v) is 11.9. The largest absolute Gasteiger partial charge is 0.472 e. The highest BCUT2D eigenvalue weighted by Crippen LogP contribution is 2.47. The van der Waals surface area contributed by atoms with Crippen molar-refractivity contribution >= 4 is 25.5 Å². The van der Waals surface area contributed by atoms with Gasteiger partial charge >= 0.3 is 19.8 Å². The molecule has 0 radical (unpaired) electrons. The molecule has 0 amide bonds. The Morgan fingerprint density at radius 2 is 0.955 bits per heavy atom. The van der Waals surface area contributed by atoms with Gasteiger partial charge in [0.25, 0.3) is 0 Å². The van der Waals surface area contributed by atoms with E-state index in [-0.39, 0.29) is 31.5 Å². The molecule has 0 aromatic rings. The van der Waals surface area contributed by atoms with Crippen LogP contribution >= 0.6 is 7.82 Å². The number of aliphatic hydroxyl groups excluding tert-OH is 5. The Bertz CT molecular complexity index is 1550. The van der Waals surface area contributed by atoms with Crippen LogP contribution in [0.4, 0.5) is 0 Å². The van der Waals surface area contributed by atoms with Crippen molar-refractivity contribution in [1.82, 2.24) is 0 Å². The first-order valence-electron chi connectivity index (χ1n) is 24.8. The summed E-state index contributed by atoms with van der Waals surface area (Å²) in [6.07, 6.45) is 36.2. The van der Waals surface area contributed by atoms with Crippen molar-refractivity contribution in [2.75, 3.05) is 13.2 Å². The summed E-state index contributed by atoms with van der Waals surface area (Å²) in [5.74, 6) is -1.58. The molecule has 15 heteroatoms. The number of esters is 2. The first-order chi connectivity index (χ1) is 32.3. The molecule has 0 aromatic heterocycles. The van der Waals surface area contributed by atoms with Crippen molar-refractivity contribution in [3.05, 3.63) is 85.1 Å². The molecule has 1 fully saturated rings. The van der Waals surface area contributed by atoms with Gasteiger partial charge in [0.15, 0.2) is 11.9 Å². The number of phosphoric acid groups is 1. The van der Waals surface area contributed by atoms with Gasteiger partial charge in [0.1, 0.15) is 43.2 Å². The van der Waals surface area contributed by atoms with Crippen LogP contribution < -0.4 is 0 Å². The molecule has 0 heterocycles. The second-order valence-electron chi connectivity index (χ2n) is 17.0. The molecule has 1 aliphatic carbocycles. The van der Waals surface area contributed by atoms with Crippen molar-refractivity contribution in [3.63, 3.8) is 0 Å². The number of rotatable bonds is 40. The van der Waals surface area contributed by atoms with Crippen LogP contribution in [0.25, 0.3) is 0 Å². The lowest BCUT2D eigenvalue weighted by Crippen LogP contribution is -2.64. The van der Waals surface area contributed by atoms with Gasteiger partial charge in [-0.1, -0.05) is 151 Å². The van der Waals surface area contributed by atoms with Crippen molar-refractivity contribution in [2.24, 2.45) is 0 Å². The number of ether oxygens (including phenoxy) is 2. The average Bonchev–Trinajstić information content (AvgIpc) is 3.30. The zero-order valence-electron chi connectivity index (χ0n) is 40.4. The molecule has 8 atom stereocenters. The fourth-order valence-corrected chi connectivity index (χ4v) is 7.87. The van der Waals surface area contributed by atoms with Crippen molar-refractivity contribution in [3.8, 4) is 0 Å². The lowest BCUT2D eigenvalue weighted by atomic mass is 9.85. The van der Waals surface area contributed by atoms with Crippen LogP contribution in [-0.2, 0) is 37.5 Å². The van der Waals surface area contributed by atoms with Crippen molar-refractivity contribution in [1.29, 1.82) is 0 Å². The number of aliphatic hydroxyl groups is 5. The molecule has 0 aromatic carbocycles. The van der Waals surface area contributed by atoms with Gasteiger partial charge in [-0.05, 0) is 83.1 Å². The SMILES string of the molecule is CCCCC/C=C\C/C=C\C/C=C\C=C\C(=O)CCCC(=O)O[C@H](COC(=O)CCCCCCCC/C=C\C/C=C\C/C=C\CCCCCC)COP(=O)(O)OC1[C@H](O)[C@H](O)C(O)[C@H](O)[C@H]1O. The van der Waals surface area contributed by atoms with Crippen LogP contribution in [0.2, 0.25) is 0 Å². The second-order valence-corrected chi connectivity index (χ2v) is 18.4. The van der Waals surface area contributed by atoms with E-state index in [1.807, 2.05) is 12.2 Å². The molecule has 3 unspecified atom stereocenters. The summed E-state index contributed by atoms with van der Waals surface area (Å²) in [5, 5.41) is 50.2. The fourth-order valence-electron chi connectivity index (χ4n) is 6.89. The number of hydrogen-bond acceptors (Lipinski definition) is 13. The molecule has 0 bridgehead atoms. The monoisotopic (exact) mass is 965 g/mol. The number of hydrogen-bond donors (Lipinski definition) is 6. The van der Waals surface area contributed by atoms with E-state index in [2.05, 4.69) is 68.5 Å². The minimum Gasteiger partial charge on any atom is -0.462 e. The highest BCUT2D eigenvalue weighted by atomic mass is 31.2. The maximum Gasteiger partial charge on any atom is 0.472 e. The summed E-state index contributed by atoms with van der Waals surface area (Å²) < 4.78 is 33.4. The predicted octanol–water partition coefficient (Wildman–Crippen LogP) is 9.63. The smallest absolute Gasteiger partial charge is 0.462 e. The van der Waals surface area contributed by atoms with Gasteiger partial charge in [-0.3, -0.25) is 23.4 Å². The normalized spacial score (nSPS) is 21.8. The Balaban J connectivity index is 2.52. The molecule has 1 saturated carbocycles. The Hall–Kier alpha value is -3.30. The number of carbonyl (C=O) groups is 3. The number of unbranched alkanes of at least 4 members (excludes halogenated alkanes) is 13. The quantitative estimate of drug-likeness (QED) is 0.00840. The van der Waals surface area contributed by atoms with Crippen LogP contribution in [0.1, 0.15) is 168 Å². The molecule has 1 rings (SSSR count). The summed E-state index contributed by atoms with van der Waals surface area (Å²) >= 11 is 0. The Kier molecular flexibility index (Phi) is 37.4. The summed E-state index contributed by atoms with van der Waals surface area (Å²) in [4.78, 5) is 48.1. The van der Waals surface area contributed by atoms with Gasteiger partial charge in [-0.15, -0.1) is 0 Å².